The third kappa shape index (κ3) is 4.99. The lowest BCUT2D eigenvalue weighted by atomic mass is 10.1. The molecule has 1 aromatic carbocycles. The van der Waals surface area contributed by atoms with E-state index in [1.54, 1.807) is 6.07 Å². The van der Waals surface area contributed by atoms with Crippen LogP contribution in [0.2, 0.25) is 0 Å². The van der Waals surface area contributed by atoms with Crippen molar-refractivity contribution in [2.24, 2.45) is 0 Å². The zero-order chi connectivity index (χ0) is 21.8. The van der Waals surface area contributed by atoms with Crippen molar-refractivity contribution in [3.05, 3.63) is 51.2 Å². The molecule has 1 aromatic heterocycles. The minimum Gasteiger partial charge on any atom is -0.267 e. The minimum absolute atomic E-state index is 0.0929. The monoisotopic (exact) mass is 461 g/mol. The second-order valence-corrected chi connectivity index (χ2v) is 11.1. The largest absolute Gasteiger partial charge is 0.279 e. The lowest BCUT2D eigenvalue weighted by Gasteiger charge is -2.26. The van der Waals surface area contributed by atoms with E-state index in [-0.39, 0.29) is 16.4 Å². The molecule has 0 atom stereocenters. The van der Waals surface area contributed by atoms with E-state index in [1.165, 1.54) is 50.7 Å². The van der Waals surface area contributed by atoms with Crippen LogP contribution in [0.15, 0.2) is 35.2 Å². The number of fused-ring (bicyclic) bond motifs is 1. The Bertz CT molecular complexity index is 1050. The van der Waals surface area contributed by atoms with Crippen LogP contribution in [0.25, 0.3) is 0 Å². The number of carbonyl (C=O) groups excluding carboxylic acids is 2. The van der Waals surface area contributed by atoms with Crippen LogP contribution in [0.5, 0.6) is 0 Å². The summed E-state index contributed by atoms with van der Waals surface area (Å²) in [5.41, 5.74) is 6.28. The highest BCUT2D eigenvalue weighted by molar-refractivity contribution is 7.89. The fourth-order valence-corrected chi connectivity index (χ4v) is 6.79. The predicted molar refractivity (Wildman–Crippen MR) is 120 cm³/mol. The van der Waals surface area contributed by atoms with Crippen molar-refractivity contribution in [3.63, 3.8) is 0 Å². The van der Waals surface area contributed by atoms with Gasteiger partial charge in [0.2, 0.25) is 10.0 Å². The maximum atomic E-state index is 12.9. The third-order valence-corrected chi connectivity index (χ3v) is 8.94. The van der Waals surface area contributed by atoms with Crippen molar-refractivity contribution in [1.29, 1.82) is 0 Å². The quantitative estimate of drug-likeness (QED) is 0.540. The molecular formula is C22H27N3O4S2. The zero-order valence-corrected chi connectivity index (χ0v) is 19.0. The van der Waals surface area contributed by atoms with Crippen molar-refractivity contribution in [2.45, 2.75) is 56.3 Å². The van der Waals surface area contributed by atoms with Crippen LogP contribution in [0.1, 0.15) is 69.0 Å². The fraction of sp³-hybridized carbons (Fsp3) is 0.455. The Morgan fingerprint density at radius 1 is 0.871 bits per heavy atom. The van der Waals surface area contributed by atoms with Gasteiger partial charge in [0.25, 0.3) is 11.8 Å². The maximum absolute atomic E-state index is 12.9. The van der Waals surface area contributed by atoms with Gasteiger partial charge in [-0.3, -0.25) is 20.4 Å². The molecule has 2 N–H and O–H groups in total. The molecule has 1 aliphatic heterocycles. The molecule has 4 rings (SSSR count). The number of thiophene rings is 1. The van der Waals surface area contributed by atoms with Gasteiger partial charge >= 0.3 is 0 Å². The molecule has 1 fully saturated rings. The topological polar surface area (TPSA) is 95.6 Å². The smallest absolute Gasteiger partial charge is 0.267 e. The average Bonchev–Trinajstić information content (AvgIpc) is 3.08. The van der Waals surface area contributed by atoms with Crippen molar-refractivity contribution >= 4 is 33.2 Å². The molecule has 7 nitrogen and oxygen atoms in total. The van der Waals surface area contributed by atoms with E-state index in [2.05, 4.69) is 10.9 Å². The molecule has 9 heteroatoms. The van der Waals surface area contributed by atoms with Crippen LogP contribution in [0, 0.1) is 0 Å². The molecule has 2 heterocycles. The molecule has 31 heavy (non-hydrogen) atoms. The Morgan fingerprint density at radius 2 is 1.58 bits per heavy atom. The molecule has 1 saturated heterocycles. The summed E-state index contributed by atoms with van der Waals surface area (Å²) < 4.78 is 27.2. The zero-order valence-electron chi connectivity index (χ0n) is 17.4. The summed E-state index contributed by atoms with van der Waals surface area (Å²) in [5.74, 6) is -0.911. The van der Waals surface area contributed by atoms with Gasteiger partial charge in [0, 0.05) is 23.5 Å². The number of hydrazine groups is 1. The van der Waals surface area contributed by atoms with Gasteiger partial charge in [-0.15, -0.1) is 11.3 Å². The molecule has 0 radical (unpaired) electrons. The standard InChI is InChI=1S/C22H27N3O4S2/c26-21(23-24-22(27)20-15-16-8-3-1-4-11-19(16)30-20)17-9-7-10-18(14-17)31(28,29)25-12-5-2-6-13-25/h7,9-10,14-15H,1-6,8,11-13H2,(H,23,26)(H,24,27). The van der Waals surface area contributed by atoms with Gasteiger partial charge in [-0.05, 0) is 68.4 Å². The molecule has 166 valence electrons. The van der Waals surface area contributed by atoms with Gasteiger partial charge in [0.1, 0.15) is 0 Å². The third-order valence-electron chi connectivity index (χ3n) is 5.81. The lowest BCUT2D eigenvalue weighted by molar-refractivity contribution is 0.0848. The van der Waals surface area contributed by atoms with Crippen LogP contribution in [0.4, 0.5) is 0 Å². The van der Waals surface area contributed by atoms with Gasteiger partial charge in [-0.2, -0.15) is 4.31 Å². The molecule has 2 aliphatic rings. The Hall–Kier alpha value is -2.23. The number of amides is 2. The van der Waals surface area contributed by atoms with Gasteiger partial charge < -0.3 is 0 Å². The minimum atomic E-state index is -3.63. The first-order valence-electron chi connectivity index (χ1n) is 10.8. The Balaban J connectivity index is 1.41. The van der Waals surface area contributed by atoms with E-state index in [4.69, 9.17) is 0 Å². The van der Waals surface area contributed by atoms with E-state index in [9.17, 15) is 18.0 Å². The number of hydrogen-bond acceptors (Lipinski definition) is 5. The fourth-order valence-electron chi connectivity index (χ4n) is 4.08. The van der Waals surface area contributed by atoms with Gasteiger partial charge in [-0.25, -0.2) is 8.42 Å². The number of nitrogens with one attached hydrogen (secondary N) is 2. The predicted octanol–water partition coefficient (Wildman–Crippen LogP) is 3.27. The first-order chi connectivity index (χ1) is 14.9. The second kappa shape index (κ2) is 9.50. The highest BCUT2D eigenvalue weighted by atomic mass is 32.2. The summed E-state index contributed by atoms with van der Waals surface area (Å²) >= 11 is 1.48. The number of nitrogens with zero attached hydrogens (tertiary/aromatic N) is 1. The van der Waals surface area contributed by atoms with E-state index >= 15 is 0 Å². The van der Waals surface area contributed by atoms with Crippen molar-refractivity contribution in [2.75, 3.05) is 13.1 Å². The number of sulfonamides is 1. The summed E-state index contributed by atoms with van der Waals surface area (Å²) in [6, 6.07) is 7.85. The van der Waals surface area contributed by atoms with Gasteiger partial charge in [-0.1, -0.05) is 18.9 Å². The normalized spacial score (nSPS) is 17.4. The Labute approximate surface area is 186 Å². The van der Waals surface area contributed by atoms with Crippen molar-refractivity contribution in [3.8, 4) is 0 Å². The highest BCUT2D eigenvalue weighted by Gasteiger charge is 2.26. The molecular weight excluding hydrogens is 434 g/mol. The molecule has 0 saturated carbocycles. The molecule has 0 unspecified atom stereocenters. The van der Waals surface area contributed by atoms with Crippen molar-refractivity contribution < 1.29 is 18.0 Å². The number of aryl methyl sites for hydroxylation is 2. The second-order valence-electron chi connectivity index (χ2n) is 8.02. The Kier molecular flexibility index (Phi) is 6.74. The van der Waals surface area contributed by atoms with Crippen LogP contribution in [-0.2, 0) is 22.9 Å². The maximum Gasteiger partial charge on any atom is 0.279 e. The van der Waals surface area contributed by atoms with Crippen LogP contribution in [0.3, 0.4) is 0 Å². The van der Waals surface area contributed by atoms with Crippen LogP contribution < -0.4 is 10.9 Å². The summed E-state index contributed by atoms with van der Waals surface area (Å²) in [7, 11) is -3.63. The molecule has 1 aliphatic carbocycles. The Morgan fingerprint density at radius 3 is 2.39 bits per heavy atom. The summed E-state index contributed by atoms with van der Waals surface area (Å²) in [6.45, 7) is 0.999. The SMILES string of the molecule is O=C(NNC(=O)c1cc2c(s1)CCCCC2)c1cccc(S(=O)(=O)N2CCCCC2)c1. The number of hydrogen-bond donors (Lipinski definition) is 2. The average molecular weight is 462 g/mol. The van der Waals surface area contributed by atoms with Crippen molar-refractivity contribution in [1.82, 2.24) is 15.2 Å². The first kappa shape index (κ1) is 22.0. The van der Waals surface area contributed by atoms with E-state index < -0.39 is 15.9 Å². The van der Waals surface area contributed by atoms with Gasteiger partial charge in [0.05, 0.1) is 9.77 Å². The van der Waals surface area contributed by atoms with Crippen LogP contribution >= 0.6 is 11.3 Å². The molecule has 2 aromatic rings. The number of carbonyl (C=O) groups is 2. The molecule has 2 amide bonds. The lowest BCUT2D eigenvalue weighted by Crippen LogP contribution is -2.41. The number of piperidine rings is 1. The first-order valence-corrected chi connectivity index (χ1v) is 13.0. The highest BCUT2D eigenvalue weighted by Crippen LogP contribution is 2.29. The summed E-state index contributed by atoms with van der Waals surface area (Å²) in [6.07, 6.45) is 8.20. The van der Waals surface area contributed by atoms with Crippen LogP contribution in [-0.4, -0.2) is 37.6 Å². The van der Waals surface area contributed by atoms with E-state index in [0.29, 0.717) is 18.0 Å². The summed E-state index contributed by atoms with van der Waals surface area (Å²) in [4.78, 5) is 27.0. The number of rotatable bonds is 4. The van der Waals surface area contributed by atoms with E-state index in [0.717, 1.165) is 44.9 Å². The summed E-state index contributed by atoms with van der Waals surface area (Å²) in [5, 5.41) is 0. The van der Waals surface area contributed by atoms with E-state index in [1.807, 2.05) is 6.07 Å². The molecule has 0 bridgehead atoms. The van der Waals surface area contributed by atoms with Gasteiger partial charge in [0.15, 0.2) is 0 Å². The molecule has 0 spiro atoms. The number of benzene rings is 1.